The fraction of sp³-hybridized carbons (Fsp3) is 0. The molecule has 0 bridgehead atoms. The Bertz CT molecular complexity index is 23.7. The molecular formula is HGeO4Zn2. The van der Waals surface area contributed by atoms with Gasteiger partial charge in [0.05, 0.1) is 0 Å². The van der Waals surface area contributed by atoms with Crippen LogP contribution in [0.15, 0.2) is 0 Å². The smallest absolute Gasteiger partial charge is 0 e. The predicted molar refractivity (Wildman–Crippen MR) is 10.1 cm³/mol. The van der Waals surface area contributed by atoms with E-state index in [-0.39, 0.29) is 44.4 Å². The molecule has 0 saturated carbocycles. The molecule has 0 aromatic heterocycles. The Morgan fingerprint density at radius 2 is 1.43 bits per heavy atom. The fourth-order valence-electron chi connectivity index (χ4n) is 0. The van der Waals surface area contributed by atoms with E-state index in [2.05, 4.69) is 3.91 Å². The Hall–Kier alpha value is 1.31. The van der Waals surface area contributed by atoms with Gasteiger partial charge in [0.15, 0.2) is 0 Å². The summed E-state index contributed by atoms with van der Waals surface area (Å²) in [5, 5.41) is 8.54. The van der Waals surface area contributed by atoms with Crippen LogP contribution >= 0.6 is 0 Å². The third-order valence-electron chi connectivity index (χ3n) is 0.0340. The van der Waals surface area contributed by atoms with Gasteiger partial charge in [-0.2, -0.15) is 0 Å². The quantitative estimate of drug-likeness (QED) is 0.381. The van der Waals surface area contributed by atoms with E-state index in [1.54, 1.807) is 0 Å². The standard InChI is InChI=1S/GeO3.HO.2Zn/c2-1-4-3;;;/h;1H;;. The predicted octanol–water partition coefficient (Wildman–Crippen LogP) is -0.869. The number of rotatable bonds is 1. The van der Waals surface area contributed by atoms with Gasteiger partial charge in [-0.05, 0) is 0 Å². The average Bonchev–Trinajstić information content (AvgIpc) is 1.37. The molecule has 1 N–H and O–H groups in total. The fourth-order valence-corrected chi connectivity index (χ4v) is 0. The van der Waals surface area contributed by atoms with Gasteiger partial charge in [-0.25, -0.2) is 0 Å². The zero-order valence-corrected chi connectivity index (χ0v) is 11.6. The van der Waals surface area contributed by atoms with Crippen LogP contribution < -0.4 is 0 Å². The first-order chi connectivity index (χ1) is 1.91. The van der Waals surface area contributed by atoms with Crippen molar-refractivity contribution in [2.75, 3.05) is 0 Å². The first-order valence-electron chi connectivity index (χ1n) is 0.575. The maximum absolute atomic E-state index is 8.89. The molecule has 0 aliphatic heterocycles. The Morgan fingerprint density at radius 1 is 1.29 bits per heavy atom. The third-order valence-corrected chi connectivity index (χ3v) is 0.177. The molecule has 0 atom stereocenters. The van der Waals surface area contributed by atoms with Crippen molar-refractivity contribution in [2.45, 2.75) is 0 Å². The maximum Gasteiger partial charge on any atom is 0 e. The minimum atomic E-state index is -1.79. The molecule has 0 spiro atoms. The van der Waals surface area contributed by atoms with Gasteiger partial charge in [-0.15, -0.1) is 0 Å². The van der Waals surface area contributed by atoms with Crippen molar-refractivity contribution in [1.29, 1.82) is 0 Å². The van der Waals surface area contributed by atoms with E-state index in [0.29, 0.717) is 0 Å². The first kappa shape index (κ1) is 23.9. The van der Waals surface area contributed by atoms with E-state index >= 15 is 0 Å². The van der Waals surface area contributed by atoms with E-state index in [1.165, 1.54) is 0 Å². The van der Waals surface area contributed by atoms with E-state index < -0.39 is 15.7 Å². The second-order valence-corrected chi connectivity index (χ2v) is 0.866. The normalized spacial score (nSPS) is 3.00. The number of hydrogen-bond donors (Lipinski definition) is 1. The zero-order valence-electron chi connectivity index (χ0n) is 3.59. The van der Waals surface area contributed by atoms with E-state index in [4.69, 9.17) is 9.04 Å². The van der Waals surface area contributed by atoms with Crippen molar-refractivity contribution < 1.29 is 57.4 Å². The molecule has 7 heteroatoms. The van der Waals surface area contributed by atoms with Gasteiger partial charge in [0.25, 0.3) is 0 Å². The summed E-state index contributed by atoms with van der Waals surface area (Å²) >= 11 is -1.79. The average molecular weight is 268 g/mol. The second kappa shape index (κ2) is 26.6. The van der Waals surface area contributed by atoms with Crippen LogP contribution in [0.25, 0.3) is 0 Å². The molecule has 0 amide bonds. The van der Waals surface area contributed by atoms with Crippen molar-refractivity contribution in [3.63, 3.8) is 0 Å². The molecule has 33 valence electrons. The molecule has 0 fully saturated rings. The maximum atomic E-state index is 8.89. The van der Waals surface area contributed by atoms with Crippen LogP contribution in [0.1, 0.15) is 0 Å². The molecule has 0 saturated heterocycles. The van der Waals surface area contributed by atoms with Gasteiger partial charge in [0.1, 0.15) is 0 Å². The minimum absolute atomic E-state index is 0. The van der Waals surface area contributed by atoms with Crippen molar-refractivity contribution in [1.82, 2.24) is 0 Å². The zero-order chi connectivity index (χ0) is 3.41. The van der Waals surface area contributed by atoms with Gasteiger partial charge in [0, 0.05) is 39.0 Å². The summed E-state index contributed by atoms with van der Waals surface area (Å²) in [6.07, 6.45) is 0. The van der Waals surface area contributed by atoms with Crippen LogP contribution in [0.2, 0.25) is 0 Å². The van der Waals surface area contributed by atoms with Crippen LogP contribution in [0, 0.1) is 0 Å². The molecule has 7 heavy (non-hydrogen) atoms. The van der Waals surface area contributed by atoms with E-state index in [9.17, 15) is 0 Å². The van der Waals surface area contributed by atoms with Gasteiger partial charge >= 0.3 is 28.7 Å². The summed E-state index contributed by atoms with van der Waals surface area (Å²) in [5.41, 5.74) is 0. The summed E-state index contributed by atoms with van der Waals surface area (Å²) in [6.45, 7) is 0. The molecule has 0 unspecified atom stereocenters. The summed E-state index contributed by atoms with van der Waals surface area (Å²) < 4.78 is 11.8. The largest absolute Gasteiger partial charge is 0 e. The summed E-state index contributed by atoms with van der Waals surface area (Å²) in [7, 11) is 0. The van der Waals surface area contributed by atoms with E-state index in [1.807, 2.05) is 0 Å². The summed E-state index contributed by atoms with van der Waals surface area (Å²) in [5.74, 6) is 0. The van der Waals surface area contributed by atoms with Crippen LogP contribution in [0.5, 0.6) is 0 Å². The van der Waals surface area contributed by atoms with Crippen LogP contribution in [0.4, 0.5) is 0 Å². The second-order valence-electron chi connectivity index (χ2n) is 0.167. The molecule has 0 aromatic carbocycles. The van der Waals surface area contributed by atoms with Crippen LogP contribution in [-0.4, -0.2) is 21.2 Å². The molecule has 4 nitrogen and oxygen atoms in total. The minimum Gasteiger partial charge on any atom is 0 e. The van der Waals surface area contributed by atoms with Crippen molar-refractivity contribution >= 4 is 15.7 Å². The van der Waals surface area contributed by atoms with Gasteiger partial charge in [-0.1, -0.05) is 0 Å². The van der Waals surface area contributed by atoms with Gasteiger partial charge < -0.3 is 0 Å². The third kappa shape index (κ3) is 38.6. The molecule has 3 radical (unpaired) electrons. The first-order valence-corrected chi connectivity index (χ1v) is 2.29. The van der Waals surface area contributed by atoms with Crippen molar-refractivity contribution in [3.8, 4) is 0 Å². The van der Waals surface area contributed by atoms with Crippen LogP contribution in [0.3, 0.4) is 0 Å². The van der Waals surface area contributed by atoms with E-state index in [0.717, 1.165) is 0 Å². The monoisotopic (exact) mass is 267 g/mol. The molecule has 0 aliphatic rings. The Labute approximate surface area is 72.8 Å². The van der Waals surface area contributed by atoms with Crippen LogP contribution in [-0.2, 0) is 51.9 Å². The Balaban J connectivity index is -0.0000000150. The molecule has 0 heterocycles. The van der Waals surface area contributed by atoms with Gasteiger partial charge in [-0.3, -0.25) is 5.48 Å². The molecule has 0 rings (SSSR count). The van der Waals surface area contributed by atoms with Crippen molar-refractivity contribution in [3.05, 3.63) is 0 Å². The molecular weight excluding hydrogens is 267 g/mol. The summed E-state index contributed by atoms with van der Waals surface area (Å²) in [4.78, 5) is 0. The molecule has 0 aromatic rings. The Kier molecular flexibility index (Phi) is 90.7. The summed E-state index contributed by atoms with van der Waals surface area (Å²) in [6, 6.07) is 0. The number of hydrogen-bond acceptors (Lipinski definition) is 2. The topological polar surface area (TPSA) is 76.2 Å². The van der Waals surface area contributed by atoms with Gasteiger partial charge in [0.2, 0.25) is 0 Å². The Morgan fingerprint density at radius 3 is 1.43 bits per heavy atom. The van der Waals surface area contributed by atoms with Crippen molar-refractivity contribution in [2.24, 2.45) is 0 Å². The SMILES string of the molecule is [OH].[O][O][Ge]=[O].[Zn].[Zn]. The molecule has 0 aliphatic carbocycles.